The third kappa shape index (κ3) is 0.673. The van der Waals surface area contributed by atoms with Crippen LogP contribution < -0.4 is 0 Å². The second-order valence-electron chi connectivity index (χ2n) is 4.57. The molecule has 0 amide bonds. The Bertz CT molecular complexity index is 221. The van der Waals surface area contributed by atoms with Gasteiger partial charge in [0.1, 0.15) is 6.17 Å². The Morgan fingerprint density at radius 3 is 3.00 bits per heavy atom. The molecule has 0 aromatic heterocycles. The molecule has 0 radical (unpaired) electrons. The lowest BCUT2D eigenvalue weighted by Gasteiger charge is -2.32. The first kappa shape index (κ1) is 7.27. The van der Waals surface area contributed by atoms with Crippen LogP contribution in [-0.4, -0.2) is 41.4 Å². The van der Waals surface area contributed by atoms with E-state index >= 15 is 0 Å². The van der Waals surface area contributed by atoms with Gasteiger partial charge in [-0.15, -0.1) is 0 Å². The maximum absolute atomic E-state index is 13.1. The second kappa shape index (κ2) is 2.02. The van der Waals surface area contributed by atoms with Gasteiger partial charge in [-0.3, -0.25) is 4.90 Å². The number of hydrogen-bond donors (Lipinski definition) is 1. The molecule has 3 heteroatoms. The topological polar surface area (TPSA) is 23.5 Å². The van der Waals surface area contributed by atoms with E-state index < -0.39 is 6.17 Å². The van der Waals surface area contributed by atoms with Gasteiger partial charge in [0.2, 0.25) is 0 Å². The van der Waals surface area contributed by atoms with Crippen molar-refractivity contribution in [2.24, 2.45) is 11.8 Å². The lowest BCUT2D eigenvalue weighted by molar-refractivity contribution is 0.0753. The molecule has 0 aromatic carbocycles. The first-order valence-corrected chi connectivity index (χ1v) is 4.76. The standard InChI is InChI=1S/C9H14FNO/c10-7-2-9(5-12)8-1-6(8)3-11(9)4-7/h6-8,12H,1-5H2/t6?,7-,8?,9+/m1/s1. The van der Waals surface area contributed by atoms with Gasteiger partial charge in [0, 0.05) is 19.5 Å². The minimum atomic E-state index is -0.696. The van der Waals surface area contributed by atoms with Crippen molar-refractivity contribution < 1.29 is 9.50 Å². The highest BCUT2D eigenvalue weighted by atomic mass is 19.1. The summed E-state index contributed by atoms with van der Waals surface area (Å²) < 4.78 is 13.1. The first-order chi connectivity index (χ1) is 5.76. The van der Waals surface area contributed by atoms with Gasteiger partial charge in [-0.1, -0.05) is 0 Å². The molecule has 2 heterocycles. The van der Waals surface area contributed by atoms with E-state index in [4.69, 9.17) is 0 Å². The Morgan fingerprint density at radius 2 is 2.33 bits per heavy atom. The number of nitrogens with zero attached hydrogens (tertiary/aromatic N) is 1. The van der Waals surface area contributed by atoms with Crippen LogP contribution in [0.4, 0.5) is 4.39 Å². The molecule has 0 spiro atoms. The van der Waals surface area contributed by atoms with Crippen LogP contribution in [0.3, 0.4) is 0 Å². The number of rotatable bonds is 1. The van der Waals surface area contributed by atoms with Crippen molar-refractivity contribution in [3.63, 3.8) is 0 Å². The lowest BCUT2D eigenvalue weighted by atomic mass is 9.92. The summed E-state index contributed by atoms with van der Waals surface area (Å²) in [6.07, 6.45) is 1.10. The number of aliphatic hydroxyl groups excluding tert-OH is 1. The Balaban J connectivity index is 1.92. The van der Waals surface area contributed by atoms with Gasteiger partial charge < -0.3 is 5.11 Å². The summed E-state index contributed by atoms with van der Waals surface area (Å²) >= 11 is 0. The van der Waals surface area contributed by atoms with E-state index in [2.05, 4.69) is 4.90 Å². The zero-order chi connectivity index (χ0) is 8.34. The van der Waals surface area contributed by atoms with Crippen molar-refractivity contribution in [1.29, 1.82) is 0 Å². The molecular weight excluding hydrogens is 157 g/mol. The van der Waals surface area contributed by atoms with Gasteiger partial charge >= 0.3 is 0 Å². The van der Waals surface area contributed by atoms with E-state index in [0.29, 0.717) is 18.9 Å². The molecule has 3 aliphatic rings. The molecule has 2 aliphatic heterocycles. The zero-order valence-corrected chi connectivity index (χ0v) is 7.04. The second-order valence-corrected chi connectivity index (χ2v) is 4.57. The van der Waals surface area contributed by atoms with E-state index in [1.807, 2.05) is 0 Å². The molecule has 1 N–H and O–H groups in total. The van der Waals surface area contributed by atoms with Gasteiger partial charge in [-0.05, 0) is 18.3 Å². The van der Waals surface area contributed by atoms with Crippen LogP contribution in [0.2, 0.25) is 0 Å². The molecular formula is C9H14FNO. The van der Waals surface area contributed by atoms with Crippen LogP contribution in [0.25, 0.3) is 0 Å². The fourth-order valence-corrected chi connectivity index (χ4v) is 3.31. The van der Waals surface area contributed by atoms with Crippen LogP contribution in [-0.2, 0) is 0 Å². The summed E-state index contributed by atoms with van der Waals surface area (Å²) in [5.74, 6) is 1.40. The Morgan fingerprint density at radius 1 is 1.50 bits per heavy atom. The van der Waals surface area contributed by atoms with Crippen molar-refractivity contribution in [2.75, 3.05) is 19.7 Å². The van der Waals surface area contributed by atoms with Crippen molar-refractivity contribution >= 4 is 0 Å². The highest BCUT2D eigenvalue weighted by Gasteiger charge is 2.65. The number of aliphatic hydroxyl groups is 1. The number of halogens is 1. The van der Waals surface area contributed by atoms with Crippen molar-refractivity contribution in [3.8, 4) is 0 Å². The third-order valence-corrected chi connectivity index (χ3v) is 3.96. The Labute approximate surface area is 71.4 Å². The van der Waals surface area contributed by atoms with Gasteiger partial charge in [-0.2, -0.15) is 0 Å². The molecule has 3 fully saturated rings. The van der Waals surface area contributed by atoms with E-state index in [-0.39, 0.29) is 12.1 Å². The molecule has 4 atom stereocenters. The first-order valence-electron chi connectivity index (χ1n) is 4.76. The minimum Gasteiger partial charge on any atom is -0.394 e. The average Bonchev–Trinajstić information content (AvgIpc) is 2.62. The lowest BCUT2D eigenvalue weighted by Crippen LogP contribution is -2.45. The molecule has 68 valence electrons. The zero-order valence-electron chi connectivity index (χ0n) is 7.04. The van der Waals surface area contributed by atoms with Gasteiger partial charge in [0.05, 0.1) is 12.1 Å². The summed E-state index contributed by atoms with van der Waals surface area (Å²) in [5, 5.41) is 9.33. The predicted octanol–water partition coefficient (Wildman–Crippen LogP) is 0.411. The summed E-state index contributed by atoms with van der Waals surface area (Å²) in [7, 11) is 0. The van der Waals surface area contributed by atoms with Crippen molar-refractivity contribution in [2.45, 2.75) is 24.6 Å². The smallest absolute Gasteiger partial charge is 0.115 e. The normalized spacial score (nSPS) is 57.0. The van der Waals surface area contributed by atoms with E-state index in [1.54, 1.807) is 0 Å². The van der Waals surface area contributed by atoms with Crippen LogP contribution in [0.5, 0.6) is 0 Å². The van der Waals surface area contributed by atoms with Gasteiger partial charge in [0.15, 0.2) is 0 Å². The number of hydrogen-bond acceptors (Lipinski definition) is 2. The number of piperidine rings is 1. The van der Waals surface area contributed by atoms with Gasteiger partial charge in [-0.25, -0.2) is 4.39 Å². The molecule has 1 saturated carbocycles. The van der Waals surface area contributed by atoms with Gasteiger partial charge in [0.25, 0.3) is 0 Å². The molecule has 2 unspecified atom stereocenters. The fraction of sp³-hybridized carbons (Fsp3) is 1.00. The highest BCUT2D eigenvalue weighted by Crippen LogP contribution is 2.59. The molecule has 2 saturated heterocycles. The Kier molecular flexibility index (Phi) is 1.22. The SMILES string of the molecule is OC[C@]12C[C@@H](F)CN1CC1CC12. The quantitative estimate of drug-likeness (QED) is 0.617. The summed E-state index contributed by atoms with van der Waals surface area (Å²) in [6.45, 7) is 1.76. The maximum atomic E-state index is 13.1. The minimum absolute atomic E-state index is 0.135. The maximum Gasteiger partial charge on any atom is 0.115 e. The predicted molar refractivity (Wildman–Crippen MR) is 42.5 cm³/mol. The fourth-order valence-electron chi connectivity index (χ4n) is 3.31. The summed E-state index contributed by atoms with van der Waals surface area (Å²) in [5.41, 5.74) is -0.135. The van der Waals surface area contributed by atoms with E-state index in [1.165, 1.54) is 6.42 Å². The largest absolute Gasteiger partial charge is 0.394 e. The van der Waals surface area contributed by atoms with Crippen molar-refractivity contribution in [1.82, 2.24) is 4.90 Å². The third-order valence-electron chi connectivity index (χ3n) is 3.96. The Hall–Kier alpha value is -0.150. The number of alkyl halides is 1. The molecule has 0 bridgehead atoms. The number of fused-ring (bicyclic) bond motifs is 3. The molecule has 0 aromatic rings. The van der Waals surface area contributed by atoms with Crippen LogP contribution in [0, 0.1) is 11.8 Å². The highest BCUT2D eigenvalue weighted by molar-refractivity contribution is 5.17. The molecule has 2 nitrogen and oxygen atoms in total. The average molecular weight is 171 g/mol. The molecule has 12 heavy (non-hydrogen) atoms. The molecule has 3 rings (SSSR count). The summed E-state index contributed by atoms with van der Waals surface area (Å²) in [6, 6.07) is 0. The van der Waals surface area contributed by atoms with Crippen LogP contribution in [0.1, 0.15) is 12.8 Å². The van der Waals surface area contributed by atoms with Crippen LogP contribution >= 0.6 is 0 Å². The van der Waals surface area contributed by atoms with E-state index in [0.717, 1.165) is 12.5 Å². The molecule has 1 aliphatic carbocycles. The van der Waals surface area contributed by atoms with E-state index in [9.17, 15) is 9.50 Å². The van der Waals surface area contributed by atoms with Crippen molar-refractivity contribution in [3.05, 3.63) is 0 Å². The summed E-state index contributed by atoms with van der Waals surface area (Å²) in [4.78, 5) is 2.18. The van der Waals surface area contributed by atoms with Crippen LogP contribution in [0.15, 0.2) is 0 Å². The monoisotopic (exact) mass is 171 g/mol.